The molecule has 2 aliphatic rings. The molecule has 1 amide bonds. The number of carbonyl (C=O) groups is 1. The predicted molar refractivity (Wildman–Crippen MR) is 116 cm³/mol. The summed E-state index contributed by atoms with van der Waals surface area (Å²) < 4.78 is 7.83. The molecule has 0 spiro atoms. The van der Waals surface area contributed by atoms with Crippen LogP contribution in [0.1, 0.15) is 29.7 Å². The second-order valence-electron chi connectivity index (χ2n) is 7.58. The van der Waals surface area contributed by atoms with Gasteiger partial charge in [-0.05, 0) is 44.4 Å². The molecule has 152 valence electrons. The van der Waals surface area contributed by atoms with Crippen molar-refractivity contribution in [1.82, 2.24) is 4.57 Å². The molecule has 1 aromatic carbocycles. The summed E-state index contributed by atoms with van der Waals surface area (Å²) in [6.07, 6.45) is 2.20. The zero-order valence-electron chi connectivity index (χ0n) is 16.9. The summed E-state index contributed by atoms with van der Waals surface area (Å²) in [7, 11) is 0. The lowest BCUT2D eigenvalue weighted by molar-refractivity contribution is -0.115. The Bertz CT molecular complexity index is 956. The third-order valence-electron chi connectivity index (χ3n) is 5.77. The van der Waals surface area contributed by atoms with Crippen molar-refractivity contribution in [3.8, 4) is 6.07 Å². The van der Waals surface area contributed by atoms with Gasteiger partial charge in [0.05, 0.1) is 30.4 Å². The summed E-state index contributed by atoms with van der Waals surface area (Å²) in [5.74, 6) is 1.46. The van der Waals surface area contributed by atoms with Crippen LogP contribution in [0.2, 0.25) is 0 Å². The van der Waals surface area contributed by atoms with E-state index in [2.05, 4.69) is 28.4 Å². The number of hydrogen-bond acceptors (Lipinski definition) is 5. The van der Waals surface area contributed by atoms with Crippen molar-refractivity contribution >= 4 is 29.2 Å². The number of fused-ring (bicyclic) bond motifs is 1. The molecule has 3 heterocycles. The van der Waals surface area contributed by atoms with E-state index < -0.39 is 0 Å². The molecular formula is C22H26N4O2S. The summed E-state index contributed by atoms with van der Waals surface area (Å²) in [6.45, 7) is 6.48. The number of amides is 1. The highest BCUT2D eigenvalue weighted by Gasteiger charge is 2.25. The van der Waals surface area contributed by atoms with Crippen LogP contribution in [0.15, 0.2) is 29.2 Å². The molecule has 1 N–H and O–H groups in total. The number of thioether (sulfide) groups is 1. The van der Waals surface area contributed by atoms with Crippen LogP contribution in [0, 0.1) is 25.2 Å². The van der Waals surface area contributed by atoms with Gasteiger partial charge in [0, 0.05) is 29.5 Å². The minimum absolute atomic E-state index is 0.103. The SMILES string of the molecule is Cc1c(C#N)c(NC(=O)CN2CCSc3ccccc32)n(C[C@@H]2CCCO2)c1C. The van der Waals surface area contributed by atoms with E-state index in [1.807, 2.05) is 42.3 Å². The molecule has 2 aromatic rings. The molecule has 2 aliphatic heterocycles. The van der Waals surface area contributed by atoms with Gasteiger partial charge in [-0.1, -0.05) is 12.1 Å². The van der Waals surface area contributed by atoms with E-state index in [1.165, 1.54) is 4.90 Å². The maximum absolute atomic E-state index is 13.0. The van der Waals surface area contributed by atoms with Gasteiger partial charge < -0.3 is 19.5 Å². The first kappa shape index (κ1) is 19.9. The Labute approximate surface area is 175 Å². The van der Waals surface area contributed by atoms with E-state index in [0.717, 1.165) is 48.7 Å². The molecule has 29 heavy (non-hydrogen) atoms. The fourth-order valence-corrected chi connectivity index (χ4v) is 5.14. The van der Waals surface area contributed by atoms with Gasteiger partial charge in [-0.2, -0.15) is 5.26 Å². The molecule has 0 saturated carbocycles. The van der Waals surface area contributed by atoms with E-state index in [1.54, 1.807) is 0 Å². The minimum Gasteiger partial charge on any atom is -0.376 e. The number of nitrogens with zero attached hydrogens (tertiary/aromatic N) is 3. The van der Waals surface area contributed by atoms with Crippen LogP contribution in [-0.2, 0) is 16.1 Å². The number of rotatable bonds is 5. The molecule has 0 aliphatic carbocycles. The summed E-state index contributed by atoms with van der Waals surface area (Å²) in [6, 6.07) is 10.5. The van der Waals surface area contributed by atoms with E-state index in [9.17, 15) is 10.1 Å². The molecule has 1 fully saturated rings. The predicted octanol–water partition coefficient (Wildman–Crippen LogP) is 3.71. The van der Waals surface area contributed by atoms with Crippen LogP contribution in [-0.4, -0.2) is 42.0 Å². The van der Waals surface area contributed by atoms with Crippen molar-refractivity contribution in [2.24, 2.45) is 0 Å². The Morgan fingerprint density at radius 2 is 2.21 bits per heavy atom. The zero-order chi connectivity index (χ0) is 20.4. The zero-order valence-corrected chi connectivity index (χ0v) is 17.7. The third-order valence-corrected chi connectivity index (χ3v) is 6.81. The number of nitrogens with one attached hydrogen (secondary N) is 1. The number of ether oxygens (including phenoxy) is 1. The molecule has 0 radical (unpaired) electrons. The standard InChI is InChI=1S/C22H26N4O2S/c1-15-16(2)26(13-17-6-5-10-28-17)22(18(15)12-23)24-21(27)14-25-9-11-29-20-8-4-3-7-19(20)25/h3-4,7-8,17H,5-6,9-11,13-14H2,1-2H3,(H,24,27)/t17-/m0/s1. The smallest absolute Gasteiger partial charge is 0.245 e. The highest BCUT2D eigenvalue weighted by molar-refractivity contribution is 7.99. The largest absolute Gasteiger partial charge is 0.376 e. The van der Waals surface area contributed by atoms with Gasteiger partial charge in [0.15, 0.2) is 0 Å². The van der Waals surface area contributed by atoms with E-state index in [0.29, 0.717) is 17.9 Å². The number of aromatic nitrogens is 1. The van der Waals surface area contributed by atoms with Crippen LogP contribution >= 0.6 is 11.8 Å². The monoisotopic (exact) mass is 410 g/mol. The van der Waals surface area contributed by atoms with Crippen LogP contribution in [0.4, 0.5) is 11.5 Å². The number of nitriles is 1. The Kier molecular flexibility index (Phi) is 5.84. The average molecular weight is 411 g/mol. The molecule has 1 saturated heterocycles. The van der Waals surface area contributed by atoms with Gasteiger partial charge >= 0.3 is 0 Å². The fourth-order valence-electron chi connectivity index (χ4n) is 4.09. The van der Waals surface area contributed by atoms with Gasteiger partial charge in [0.1, 0.15) is 11.9 Å². The van der Waals surface area contributed by atoms with Crippen LogP contribution < -0.4 is 10.2 Å². The van der Waals surface area contributed by atoms with Gasteiger partial charge in [-0.3, -0.25) is 4.79 Å². The Morgan fingerprint density at radius 1 is 1.38 bits per heavy atom. The highest BCUT2D eigenvalue weighted by atomic mass is 32.2. The molecule has 4 rings (SSSR count). The molecule has 0 bridgehead atoms. The van der Waals surface area contributed by atoms with Crippen LogP contribution in [0.5, 0.6) is 0 Å². The summed E-state index contributed by atoms with van der Waals surface area (Å²) >= 11 is 1.82. The molecule has 7 heteroatoms. The number of hydrogen-bond donors (Lipinski definition) is 1. The normalized spacial score (nSPS) is 18.4. The summed E-state index contributed by atoms with van der Waals surface area (Å²) in [4.78, 5) is 16.3. The first-order chi connectivity index (χ1) is 14.1. The van der Waals surface area contributed by atoms with E-state index >= 15 is 0 Å². The van der Waals surface area contributed by atoms with Crippen molar-refractivity contribution in [1.29, 1.82) is 5.26 Å². The van der Waals surface area contributed by atoms with Gasteiger partial charge in [0.2, 0.25) is 5.91 Å². The first-order valence-corrected chi connectivity index (χ1v) is 11.0. The lowest BCUT2D eigenvalue weighted by Gasteiger charge is -2.30. The Morgan fingerprint density at radius 3 is 2.97 bits per heavy atom. The average Bonchev–Trinajstić information content (AvgIpc) is 3.31. The van der Waals surface area contributed by atoms with Gasteiger partial charge in [0.25, 0.3) is 0 Å². The topological polar surface area (TPSA) is 70.3 Å². The van der Waals surface area contributed by atoms with Crippen molar-refractivity contribution in [2.75, 3.05) is 35.7 Å². The van der Waals surface area contributed by atoms with Gasteiger partial charge in [-0.15, -0.1) is 11.8 Å². The lowest BCUT2D eigenvalue weighted by Crippen LogP contribution is -2.37. The number of anilines is 2. The van der Waals surface area contributed by atoms with Crippen molar-refractivity contribution in [3.63, 3.8) is 0 Å². The third kappa shape index (κ3) is 4.00. The highest BCUT2D eigenvalue weighted by Crippen LogP contribution is 2.34. The molecule has 1 atom stereocenters. The number of benzene rings is 1. The number of para-hydroxylation sites is 1. The summed E-state index contributed by atoms with van der Waals surface area (Å²) in [5.41, 5.74) is 3.57. The summed E-state index contributed by atoms with van der Waals surface area (Å²) in [5, 5.41) is 12.7. The van der Waals surface area contributed by atoms with Crippen molar-refractivity contribution in [3.05, 3.63) is 41.1 Å². The van der Waals surface area contributed by atoms with Crippen LogP contribution in [0.3, 0.4) is 0 Å². The maximum Gasteiger partial charge on any atom is 0.245 e. The Balaban J connectivity index is 1.55. The van der Waals surface area contributed by atoms with Crippen LogP contribution in [0.25, 0.3) is 0 Å². The second-order valence-corrected chi connectivity index (χ2v) is 8.71. The molecule has 1 aromatic heterocycles. The van der Waals surface area contributed by atoms with E-state index in [-0.39, 0.29) is 18.6 Å². The Hall–Kier alpha value is -2.43. The molecule has 6 nitrogen and oxygen atoms in total. The molecular weight excluding hydrogens is 384 g/mol. The van der Waals surface area contributed by atoms with Crippen molar-refractivity contribution < 1.29 is 9.53 Å². The lowest BCUT2D eigenvalue weighted by atomic mass is 10.2. The van der Waals surface area contributed by atoms with Gasteiger partial charge in [-0.25, -0.2) is 0 Å². The van der Waals surface area contributed by atoms with E-state index in [4.69, 9.17) is 4.74 Å². The first-order valence-electron chi connectivity index (χ1n) is 10.1. The quantitative estimate of drug-likeness (QED) is 0.814. The van der Waals surface area contributed by atoms with Crippen molar-refractivity contribution in [2.45, 2.75) is 44.2 Å². The second kappa shape index (κ2) is 8.52. The molecule has 0 unspecified atom stereocenters. The fraction of sp³-hybridized carbons (Fsp3) is 0.455. The number of carbonyl (C=O) groups excluding carboxylic acids is 1. The maximum atomic E-state index is 13.0. The minimum atomic E-state index is -0.103.